The molecule has 1 aromatic carbocycles. The molecule has 1 aliphatic rings. The zero-order valence-electron chi connectivity index (χ0n) is 22.4. The number of hydrogen-bond acceptors (Lipinski definition) is 8. The summed E-state index contributed by atoms with van der Waals surface area (Å²) in [5.41, 5.74) is 1.10. The van der Waals surface area contributed by atoms with Crippen LogP contribution in [0.25, 0.3) is 0 Å². The number of rotatable bonds is 19. The van der Waals surface area contributed by atoms with E-state index in [2.05, 4.69) is 0 Å². The fourth-order valence-corrected chi connectivity index (χ4v) is 5.64. The normalized spacial score (nSPS) is 18.1. The van der Waals surface area contributed by atoms with Crippen LogP contribution < -0.4 is 0 Å². The Morgan fingerprint density at radius 3 is 1.68 bits per heavy atom. The number of nitrogens with zero attached hydrogens (tertiary/aromatic N) is 3. The summed E-state index contributed by atoms with van der Waals surface area (Å²) >= 11 is 0. The van der Waals surface area contributed by atoms with Gasteiger partial charge >= 0.3 is 29.8 Å². The Kier molecular flexibility index (Phi) is 13.5. The minimum Gasteiger partial charge on any atom is -0.480 e. The van der Waals surface area contributed by atoms with Gasteiger partial charge in [0, 0.05) is 25.7 Å². The van der Waals surface area contributed by atoms with Gasteiger partial charge in [-0.15, -0.1) is 0 Å². The molecule has 0 amide bonds. The molecular formula is C27H39N3O10. The molecule has 0 heterocycles. The zero-order valence-corrected chi connectivity index (χ0v) is 22.4. The van der Waals surface area contributed by atoms with Crippen LogP contribution in [0.4, 0.5) is 0 Å². The van der Waals surface area contributed by atoms with Gasteiger partial charge in [0.25, 0.3) is 0 Å². The average molecular weight is 566 g/mol. The highest BCUT2D eigenvalue weighted by atomic mass is 16.4. The van der Waals surface area contributed by atoms with Crippen molar-refractivity contribution in [2.75, 3.05) is 52.4 Å². The SMILES string of the molecule is O=C(O)CN(CCN(CC(=O)O)CC(C1CCCCC1Cc1ccccc1)N(CC(=O)O)CC(=O)O)CC(=O)O. The van der Waals surface area contributed by atoms with Crippen molar-refractivity contribution in [3.63, 3.8) is 0 Å². The number of aliphatic carboxylic acids is 5. The summed E-state index contributed by atoms with van der Waals surface area (Å²) in [5, 5.41) is 47.1. The summed E-state index contributed by atoms with van der Waals surface area (Å²) in [4.78, 5) is 61.8. The number of hydrogen-bond donors (Lipinski definition) is 5. The first kappa shape index (κ1) is 32.7. The second-order valence-corrected chi connectivity index (χ2v) is 10.3. The average Bonchev–Trinajstić information content (AvgIpc) is 2.84. The van der Waals surface area contributed by atoms with Gasteiger partial charge in [-0.1, -0.05) is 43.2 Å². The van der Waals surface area contributed by atoms with Gasteiger partial charge in [-0.3, -0.25) is 38.7 Å². The topological polar surface area (TPSA) is 196 Å². The number of carbonyl (C=O) groups is 5. The molecule has 0 bridgehead atoms. The van der Waals surface area contributed by atoms with Crippen LogP contribution in [-0.4, -0.2) is 128 Å². The van der Waals surface area contributed by atoms with Crippen molar-refractivity contribution in [2.24, 2.45) is 11.8 Å². The quantitative estimate of drug-likeness (QED) is 0.158. The maximum Gasteiger partial charge on any atom is 0.317 e. The molecule has 222 valence electrons. The van der Waals surface area contributed by atoms with Crippen LogP contribution in [-0.2, 0) is 30.4 Å². The van der Waals surface area contributed by atoms with E-state index in [1.807, 2.05) is 30.3 Å². The predicted molar refractivity (Wildman–Crippen MR) is 142 cm³/mol. The summed E-state index contributed by atoms with van der Waals surface area (Å²) in [6, 6.07) is 9.16. The summed E-state index contributed by atoms with van der Waals surface area (Å²) in [6.07, 6.45) is 4.11. The Labute approximate surface area is 232 Å². The third kappa shape index (κ3) is 12.1. The highest BCUT2D eigenvalue weighted by Crippen LogP contribution is 2.37. The van der Waals surface area contributed by atoms with Crippen LogP contribution in [0.1, 0.15) is 31.2 Å². The molecular weight excluding hydrogens is 526 g/mol. The van der Waals surface area contributed by atoms with Gasteiger partial charge in [-0.25, -0.2) is 0 Å². The molecule has 2 rings (SSSR count). The minimum absolute atomic E-state index is 0.00653. The molecule has 13 nitrogen and oxygen atoms in total. The lowest BCUT2D eigenvalue weighted by Gasteiger charge is -2.44. The highest BCUT2D eigenvalue weighted by molar-refractivity contribution is 5.73. The van der Waals surface area contributed by atoms with Gasteiger partial charge in [-0.05, 0) is 36.7 Å². The van der Waals surface area contributed by atoms with Crippen molar-refractivity contribution in [3.8, 4) is 0 Å². The third-order valence-corrected chi connectivity index (χ3v) is 7.20. The number of benzene rings is 1. The van der Waals surface area contributed by atoms with Gasteiger partial charge in [0.1, 0.15) is 0 Å². The van der Waals surface area contributed by atoms with Crippen LogP contribution in [0.3, 0.4) is 0 Å². The summed E-state index contributed by atoms with van der Waals surface area (Å²) in [7, 11) is 0. The second kappa shape index (κ2) is 16.5. The fraction of sp³-hybridized carbons (Fsp3) is 0.593. The van der Waals surface area contributed by atoms with Crippen LogP contribution >= 0.6 is 0 Å². The Morgan fingerprint density at radius 1 is 0.675 bits per heavy atom. The van der Waals surface area contributed by atoms with Crippen molar-refractivity contribution < 1.29 is 49.5 Å². The second-order valence-electron chi connectivity index (χ2n) is 10.3. The first-order valence-corrected chi connectivity index (χ1v) is 13.3. The molecule has 0 aliphatic heterocycles. The Bertz CT molecular complexity index is 974. The van der Waals surface area contributed by atoms with E-state index in [1.165, 1.54) is 14.7 Å². The van der Waals surface area contributed by atoms with E-state index in [0.29, 0.717) is 12.8 Å². The van der Waals surface area contributed by atoms with E-state index in [4.69, 9.17) is 10.2 Å². The maximum absolute atomic E-state index is 11.8. The molecule has 3 atom stereocenters. The molecule has 40 heavy (non-hydrogen) atoms. The largest absolute Gasteiger partial charge is 0.480 e. The van der Waals surface area contributed by atoms with E-state index in [-0.39, 0.29) is 31.5 Å². The molecule has 0 aromatic heterocycles. The van der Waals surface area contributed by atoms with E-state index in [1.54, 1.807) is 0 Å². The van der Waals surface area contributed by atoms with Gasteiger partial charge in [-0.2, -0.15) is 0 Å². The van der Waals surface area contributed by atoms with Crippen molar-refractivity contribution in [1.82, 2.24) is 14.7 Å². The fourth-order valence-electron chi connectivity index (χ4n) is 5.64. The van der Waals surface area contributed by atoms with Crippen LogP contribution in [0, 0.1) is 11.8 Å². The summed E-state index contributed by atoms with van der Waals surface area (Å²) < 4.78 is 0. The lowest BCUT2D eigenvalue weighted by molar-refractivity contribution is -0.145. The first-order chi connectivity index (χ1) is 18.9. The molecule has 1 saturated carbocycles. The van der Waals surface area contributed by atoms with Gasteiger partial charge in [0.2, 0.25) is 0 Å². The number of carboxylic acid groups (broad SMARTS) is 5. The highest BCUT2D eigenvalue weighted by Gasteiger charge is 2.38. The summed E-state index contributed by atoms with van der Waals surface area (Å²) in [5.74, 6) is -6.07. The van der Waals surface area contributed by atoms with E-state index in [9.17, 15) is 39.3 Å². The smallest absolute Gasteiger partial charge is 0.317 e. The number of carboxylic acids is 5. The molecule has 13 heteroatoms. The molecule has 0 radical (unpaired) electrons. The maximum atomic E-state index is 11.8. The Morgan fingerprint density at radius 2 is 1.15 bits per heavy atom. The predicted octanol–water partition coefficient (Wildman–Crippen LogP) is 0.733. The summed E-state index contributed by atoms with van der Waals surface area (Å²) in [6.45, 7) is -2.70. The molecule has 1 aliphatic carbocycles. The minimum atomic E-state index is -1.23. The molecule has 5 N–H and O–H groups in total. The Balaban J connectivity index is 2.39. The van der Waals surface area contributed by atoms with Gasteiger partial charge in [0.05, 0.1) is 32.7 Å². The molecule has 1 fully saturated rings. The van der Waals surface area contributed by atoms with Crippen molar-refractivity contribution in [2.45, 2.75) is 38.1 Å². The first-order valence-electron chi connectivity index (χ1n) is 13.3. The van der Waals surface area contributed by atoms with E-state index in [0.717, 1.165) is 24.8 Å². The third-order valence-electron chi connectivity index (χ3n) is 7.20. The molecule has 0 spiro atoms. The lowest BCUT2D eigenvalue weighted by Crippen LogP contribution is -2.55. The van der Waals surface area contributed by atoms with Crippen molar-refractivity contribution >= 4 is 29.8 Å². The Hall–Kier alpha value is -3.55. The molecule has 1 aromatic rings. The van der Waals surface area contributed by atoms with Crippen LogP contribution in [0.15, 0.2) is 30.3 Å². The van der Waals surface area contributed by atoms with Crippen LogP contribution in [0.2, 0.25) is 0 Å². The van der Waals surface area contributed by atoms with E-state index < -0.39 is 68.6 Å². The zero-order chi connectivity index (χ0) is 29.7. The van der Waals surface area contributed by atoms with E-state index >= 15 is 0 Å². The van der Waals surface area contributed by atoms with Gasteiger partial charge in [0.15, 0.2) is 0 Å². The van der Waals surface area contributed by atoms with Gasteiger partial charge < -0.3 is 25.5 Å². The molecule has 3 unspecified atom stereocenters. The van der Waals surface area contributed by atoms with Crippen molar-refractivity contribution in [1.29, 1.82) is 0 Å². The van der Waals surface area contributed by atoms with Crippen molar-refractivity contribution in [3.05, 3.63) is 35.9 Å². The monoisotopic (exact) mass is 565 g/mol. The van der Waals surface area contributed by atoms with Crippen LogP contribution in [0.5, 0.6) is 0 Å². The standard InChI is InChI=1S/C27H39N3O10/c31-23(32)14-28(10-11-29(15-24(33)34)16-25(35)36)13-22(30(17-26(37)38)18-27(39)40)21-9-5-4-8-20(21)12-19-6-2-1-3-7-19/h1-3,6-7,20-22H,4-5,8-18H2,(H,31,32)(H,33,34)(H,35,36)(H,37,38)(H,39,40). The molecule has 0 saturated heterocycles. The lowest BCUT2D eigenvalue weighted by atomic mass is 9.72.